The largest absolute Gasteiger partial charge is 0.481 e. The van der Waals surface area contributed by atoms with Crippen LogP contribution in [0.1, 0.15) is 42.7 Å². The number of carboxylic acid groups (broad SMARTS) is 1. The molecular weight excluding hydrogens is 260 g/mol. The van der Waals surface area contributed by atoms with Gasteiger partial charge in [-0.1, -0.05) is 6.92 Å². The molecule has 0 spiro atoms. The average molecular weight is 280 g/mol. The second-order valence-corrected chi connectivity index (χ2v) is 7.00. The molecule has 4 nitrogen and oxygen atoms in total. The van der Waals surface area contributed by atoms with E-state index < -0.39 is 5.97 Å². The Morgan fingerprint density at radius 1 is 1.58 bits per heavy atom. The molecule has 3 unspecified atom stereocenters. The topological polar surface area (TPSA) is 53.4 Å². The Labute approximate surface area is 117 Å². The van der Waals surface area contributed by atoms with Gasteiger partial charge in [0, 0.05) is 18.5 Å². The first-order chi connectivity index (χ1) is 9.06. The normalized spacial score (nSPS) is 28.8. The third-order valence-electron chi connectivity index (χ3n) is 4.35. The van der Waals surface area contributed by atoms with Gasteiger partial charge in [0.2, 0.25) is 0 Å². The van der Waals surface area contributed by atoms with Crippen LogP contribution in [0.2, 0.25) is 0 Å². The number of aryl methyl sites for hydroxylation is 1. The highest BCUT2D eigenvalue weighted by Gasteiger charge is 2.35. The number of aliphatic carboxylic acids is 1. The predicted octanol–water partition coefficient (Wildman–Crippen LogP) is 2.74. The molecule has 1 heterocycles. The Balaban J connectivity index is 1.78. The van der Waals surface area contributed by atoms with Crippen molar-refractivity contribution < 1.29 is 9.90 Å². The molecule has 5 heteroatoms. The van der Waals surface area contributed by atoms with Crippen LogP contribution in [0, 0.1) is 11.8 Å². The number of nitrogens with zero attached hydrogens (tertiary/aromatic N) is 2. The van der Waals surface area contributed by atoms with Gasteiger partial charge in [0.15, 0.2) is 5.13 Å². The van der Waals surface area contributed by atoms with Gasteiger partial charge in [0.1, 0.15) is 5.92 Å². The fourth-order valence-corrected chi connectivity index (χ4v) is 4.03. The minimum Gasteiger partial charge on any atom is -0.481 e. The molecule has 0 radical (unpaired) electrons. The van der Waals surface area contributed by atoms with Crippen molar-refractivity contribution in [3.8, 4) is 0 Å². The van der Waals surface area contributed by atoms with Gasteiger partial charge >= 0.3 is 5.97 Å². The number of hydrogen-bond donors (Lipinski definition) is 1. The molecule has 2 aliphatic rings. The molecule has 0 bridgehead atoms. The number of aromatic nitrogens is 1. The lowest BCUT2D eigenvalue weighted by atomic mass is 9.91. The maximum Gasteiger partial charge on any atom is 0.312 e. The fourth-order valence-electron chi connectivity index (χ4n) is 2.89. The average Bonchev–Trinajstić information content (AvgIpc) is 2.91. The summed E-state index contributed by atoms with van der Waals surface area (Å²) in [5.41, 5.74) is 0.828. The summed E-state index contributed by atoms with van der Waals surface area (Å²) < 4.78 is 0. The summed E-state index contributed by atoms with van der Waals surface area (Å²) in [4.78, 5) is 19.3. The van der Waals surface area contributed by atoms with Crippen LogP contribution in [0.3, 0.4) is 0 Å². The van der Waals surface area contributed by atoms with Crippen LogP contribution in [0.25, 0.3) is 0 Å². The van der Waals surface area contributed by atoms with Crippen molar-refractivity contribution >= 4 is 22.4 Å². The van der Waals surface area contributed by atoms with Crippen LogP contribution in [-0.2, 0) is 11.2 Å². The Kier molecular flexibility index (Phi) is 3.25. The quantitative estimate of drug-likeness (QED) is 0.921. The van der Waals surface area contributed by atoms with Gasteiger partial charge in [-0.3, -0.25) is 4.79 Å². The monoisotopic (exact) mass is 280 g/mol. The summed E-state index contributed by atoms with van der Waals surface area (Å²) in [5.74, 6) is 0.517. The lowest BCUT2D eigenvalue weighted by Crippen LogP contribution is -2.21. The molecule has 1 fully saturated rings. The maximum absolute atomic E-state index is 11.3. The molecule has 0 amide bonds. The van der Waals surface area contributed by atoms with Gasteiger partial charge in [-0.05, 0) is 37.5 Å². The number of carbonyl (C=O) groups is 1. The minimum absolute atomic E-state index is 0.387. The molecule has 1 saturated carbocycles. The van der Waals surface area contributed by atoms with Crippen LogP contribution >= 0.6 is 11.3 Å². The van der Waals surface area contributed by atoms with Crippen molar-refractivity contribution in [1.82, 2.24) is 4.98 Å². The van der Waals surface area contributed by atoms with Gasteiger partial charge in [-0.25, -0.2) is 4.98 Å². The van der Waals surface area contributed by atoms with E-state index >= 15 is 0 Å². The fraction of sp³-hybridized carbons (Fsp3) is 0.714. The first-order valence-electron chi connectivity index (χ1n) is 6.99. The van der Waals surface area contributed by atoms with Crippen molar-refractivity contribution in [1.29, 1.82) is 0 Å². The zero-order chi connectivity index (χ0) is 13.6. The predicted molar refractivity (Wildman–Crippen MR) is 76.0 cm³/mol. The van der Waals surface area contributed by atoms with Crippen molar-refractivity contribution in [2.24, 2.45) is 11.8 Å². The lowest BCUT2D eigenvalue weighted by molar-refractivity contribution is -0.139. The summed E-state index contributed by atoms with van der Waals surface area (Å²) in [6.45, 7) is 3.33. The summed E-state index contributed by atoms with van der Waals surface area (Å²) in [7, 11) is 2.07. The Hall–Kier alpha value is -1.10. The molecule has 3 atom stereocenters. The molecule has 1 aromatic rings. The molecule has 104 valence electrons. The lowest BCUT2D eigenvalue weighted by Gasteiger charge is -2.16. The number of fused-ring (bicyclic) bond motifs is 1. The Morgan fingerprint density at radius 3 is 2.95 bits per heavy atom. The van der Waals surface area contributed by atoms with E-state index in [1.54, 1.807) is 11.3 Å². The highest BCUT2D eigenvalue weighted by molar-refractivity contribution is 7.15. The van der Waals surface area contributed by atoms with Crippen LogP contribution in [0.5, 0.6) is 0 Å². The van der Waals surface area contributed by atoms with E-state index in [2.05, 4.69) is 23.9 Å². The Morgan fingerprint density at radius 2 is 2.32 bits per heavy atom. The van der Waals surface area contributed by atoms with E-state index in [-0.39, 0.29) is 5.92 Å². The first-order valence-corrected chi connectivity index (χ1v) is 7.81. The molecule has 1 aromatic heterocycles. The number of anilines is 1. The summed E-state index contributed by atoms with van der Waals surface area (Å²) in [6, 6.07) is 0. The second-order valence-electron chi connectivity index (χ2n) is 5.94. The van der Waals surface area contributed by atoms with E-state index in [4.69, 9.17) is 0 Å². The molecule has 2 aliphatic carbocycles. The van der Waals surface area contributed by atoms with Gasteiger partial charge in [-0.2, -0.15) is 0 Å². The molecule has 0 aromatic carbocycles. The summed E-state index contributed by atoms with van der Waals surface area (Å²) in [5, 5.41) is 10.3. The second kappa shape index (κ2) is 4.78. The third-order valence-corrected chi connectivity index (χ3v) is 5.60. The van der Waals surface area contributed by atoms with Crippen LogP contribution in [0.4, 0.5) is 5.13 Å². The smallest absolute Gasteiger partial charge is 0.312 e. The number of hydrogen-bond acceptors (Lipinski definition) is 4. The van der Waals surface area contributed by atoms with E-state index in [0.717, 1.165) is 48.5 Å². The van der Waals surface area contributed by atoms with E-state index in [0.29, 0.717) is 0 Å². The zero-order valence-corrected chi connectivity index (χ0v) is 12.2. The summed E-state index contributed by atoms with van der Waals surface area (Å²) in [6.07, 6.45) is 4.00. The maximum atomic E-state index is 11.3. The van der Waals surface area contributed by atoms with E-state index in [1.807, 2.05) is 0 Å². The van der Waals surface area contributed by atoms with E-state index in [1.165, 1.54) is 11.3 Å². The number of carboxylic acids is 1. The van der Waals surface area contributed by atoms with Crippen LogP contribution in [-0.4, -0.2) is 29.7 Å². The zero-order valence-electron chi connectivity index (χ0n) is 11.4. The van der Waals surface area contributed by atoms with Crippen molar-refractivity contribution in [2.45, 2.75) is 38.5 Å². The van der Waals surface area contributed by atoms with Gasteiger partial charge in [0.25, 0.3) is 0 Å². The van der Waals surface area contributed by atoms with Gasteiger partial charge < -0.3 is 10.0 Å². The highest BCUT2D eigenvalue weighted by Crippen LogP contribution is 2.41. The number of rotatable bonds is 4. The third kappa shape index (κ3) is 2.48. The molecule has 19 heavy (non-hydrogen) atoms. The Bertz CT molecular complexity index is 500. The van der Waals surface area contributed by atoms with Gasteiger partial charge in [0.05, 0.1) is 5.69 Å². The molecular formula is C14H20N2O2S. The molecule has 1 N–H and O–H groups in total. The van der Waals surface area contributed by atoms with Crippen molar-refractivity contribution in [3.05, 3.63) is 10.6 Å². The SMILES string of the molecule is CC1CC1CN(C)c1nc2c(s1)CCCC2C(=O)O. The molecule has 0 aliphatic heterocycles. The summed E-state index contributed by atoms with van der Waals surface area (Å²) >= 11 is 1.69. The van der Waals surface area contributed by atoms with Crippen molar-refractivity contribution in [2.75, 3.05) is 18.5 Å². The number of thiazole rings is 1. The van der Waals surface area contributed by atoms with E-state index in [9.17, 15) is 9.90 Å². The standard InChI is InChI=1S/C14H20N2O2S/c1-8-6-9(8)7-16(2)14-15-12-10(13(17)18)4-3-5-11(12)19-14/h8-10H,3-7H2,1-2H3,(H,17,18). The minimum atomic E-state index is -0.726. The van der Waals surface area contributed by atoms with Crippen LogP contribution in [0.15, 0.2) is 0 Å². The van der Waals surface area contributed by atoms with Crippen LogP contribution < -0.4 is 4.90 Å². The molecule has 3 rings (SSSR count). The molecule has 0 saturated heterocycles. The van der Waals surface area contributed by atoms with Gasteiger partial charge in [-0.15, -0.1) is 11.3 Å². The van der Waals surface area contributed by atoms with Crippen molar-refractivity contribution in [3.63, 3.8) is 0 Å². The highest BCUT2D eigenvalue weighted by atomic mass is 32.1. The first kappa shape index (κ1) is 12.9.